The van der Waals surface area contributed by atoms with Gasteiger partial charge in [-0.2, -0.15) is 0 Å². The van der Waals surface area contributed by atoms with Gasteiger partial charge in [0.25, 0.3) is 0 Å². The Morgan fingerprint density at radius 3 is 2.42 bits per heavy atom. The number of aliphatic hydroxyl groups excluding tert-OH is 1. The summed E-state index contributed by atoms with van der Waals surface area (Å²) in [6.45, 7) is 2.32. The Morgan fingerprint density at radius 2 is 1.83 bits per heavy atom. The smallest absolute Gasteiger partial charge is 0.239 e. The van der Waals surface area contributed by atoms with Crippen molar-refractivity contribution in [3.63, 3.8) is 0 Å². The highest BCUT2D eigenvalue weighted by Gasteiger charge is 2.31. The number of rotatable bonds is 3. The van der Waals surface area contributed by atoms with E-state index in [9.17, 15) is 14.3 Å². The minimum Gasteiger partial charge on any atom is -0.388 e. The van der Waals surface area contributed by atoms with E-state index in [0.717, 1.165) is 44.2 Å². The fourth-order valence-electron chi connectivity index (χ4n) is 3.65. The lowest BCUT2D eigenvalue weighted by Gasteiger charge is -2.37. The van der Waals surface area contributed by atoms with Crippen LogP contribution >= 0.6 is 12.4 Å². The summed E-state index contributed by atoms with van der Waals surface area (Å²) in [5, 5.41) is 13.8. The van der Waals surface area contributed by atoms with Crippen molar-refractivity contribution in [2.45, 2.75) is 44.2 Å². The molecule has 24 heavy (non-hydrogen) atoms. The number of hydrogen-bond donors (Lipinski definition) is 2. The normalized spacial score (nSPS) is 23.4. The largest absolute Gasteiger partial charge is 0.388 e. The molecule has 2 N–H and O–H groups in total. The van der Waals surface area contributed by atoms with Crippen LogP contribution in [0.3, 0.4) is 0 Å². The third-order valence-electron chi connectivity index (χ3n) is 5.12. The van der Waals surface area contributed by atoms with E-state index >= 15 is 0 Å². The van der Waals surface area contributed by atoms with Gasteiger partial charge < -0.3 is 15.3 Å². The Kier molecular flexibility index (Phi) is 7.02. The zero-order chi connectivity index (χ0) is 16.2. The maximum absolute atomic E-state index is 13.0. The summed E-state index contributed by atoms with van der Waals surface area (Å²) in [5.74, 6) is 0.0459. The average Bonchev–Trinajstić information content (AvgIpc) is 2.62. The second kappa shape index (κ2) is 8.79. The summed E-state index contributed by atoms with van der Waals surface area (Å²) >= 11 is 0. The molecule has 4 nitrogen and oxygen atoms in total. The predicted molar refractivity (Wildman–Crippen MR) is 93.6 cm³/mol. The first-order chi connectivity index (χ1) is 11.1. The molecule has 0 radical (unpaired) electrons. The van der Waals surface area contributed by atoms with Gasteiger partial charge in [-0.25, -0.2) is 4.39 Å². The number of amides is 1. The minimum atomic E-state index is -0.583. The second-order valence-corrected chi connectivity index (χ2v) is 6.66. The molecule has 1 aromatic rings. The molecule has 134 valence electrons. The first kappa shape index (κ1) is 19.2. The van der Waals surface area contributed by atoms with Gasteiger partial charge in [0.05, 0.1) is 12.1 Å². The van der Waals surface area contributed by atoms with Crippen molar-refractivity contribution < 1.29 is 14.3 Å². The Balaban J connectivity index is 0.00000208. The number of aliphatic hydroxyl groups is 1. The lowest BCUT2D eigenvalue weighted by molar-refractivity contribution is -0.136. The molecular weight excluding hydrogens is 331 g/mol. The summed E-state index contributed by atoms with van der Waals surface area (Å²) in [6.07, 6.45) is 4.18. The molecule has 3 rings (SSSR count). The third-order valence-corrected chi connectivity index (χ3v) is 5.12. The van der Waals surface area contributed by atoms with Crippen molar-refractivity contribution in [1.29, 1.82) is 0 Å². The van der Waals surface area contributed by atoms with Gasteiger partial charge >= 0.3 is 0 Å². The molecule has 1 amide bonds. The van der Waals surface area contributed by atoms with Crippen LogP contribution in [-0.2, 0) is 4.79 Å². The fourth-order valence-corrected chi connectivity index (χ4v) is 3.65. The van der Waals surface area contributed by atoms with Crippen molar-refractivity contribution in [3.05, 3.63) is 35.6 Å². The molecule has 2 unspecified atom stereocenters. The van der Waals surface area contributed by atoms with Crippen LogP contribution in [0.4, 0.5) is 4.39 Å². The molecule has 2 heterocycles. The van der Waals surface area contributed by atoms with E-state index in [1.54, 1.807) is 12.1 Å². The molecule has 0 saturated carbocycles. The summed E-state index contributed by atoms with van der Waals surface area (Å²) in [7, 11) is 0. The Hall–Kier alpha value is -1.17. The highest BCUT2D eigenvalue weighted by atomic mass is 35.5. The minimum absolute atomic E-state index is 0. The van der Waals surface area contributed by atoms with Gasteiger partial charge in [-0.15, -0.1) is 12.4 Å². The topological polar surface area (TPSA) is 52.6 Å². The Morgan fingerprint density at radius 1 is 1.17 bits per heavy atom. The molecule has 6 heteroatoms. The number of carbonyl (C=O) groups excluding carboxylic acids is 1. The highest BCUT2D eigenvalue weighted by molar-refractivity contribution is 5.85. The number of nitrogens with one attached hydrogen (secondary N) is 1. The molecular formula is C18H26ClFN2O2. The van der Waals surface area contributed by atoms with Crippen LogP contribution in [0.1, 0.15) is 43.8 Å². The van der Waals surface area contributed by atoms with Gasteiger partial charge in [-0.1, -0.05) is 18.6 Å². The number of carbonyl (C=O) groups is 1. The standard InChI is InChI=1S/C18H25FN2O2.ClH/c19-15-6-4-13(5-7-15)17(22)14-8-11-21(12-9-14)18(23)16-3-1-2-10-20-16;/h4-7,14,16-17,20,22H,1-3,8-12H2;1H. The van der Waals surface area contributed by atoms with Crippen molar-refractivity contribution in [3.8, 4) is 0 Å². The van der Waals surface area contributed by atoms with Gasteiger partial charge in [0.2, 0.25) is 5.91 Å². The number of likely N-dealkylation sites (tertiary alicyclic amines) is 1. The van der Waals surface area contributed by atoms with E-state index in [0.29, 0.717) is 13.1 Å². The van der Waals surface area contributed by atoms with Gasteiger partial charge in [-0.3, -0.25) is 4.79 Å². The van der Waals surface area contributed by atoms with Crippen LogP contribution in [0.25, 0.3) is 0 Å². The molecule has 2 aliphatic rings. The zero-order valence-electron chi connectivity index (χ0n) is 13.8. The average molecular weight is 357 g/mol. The summed E-state index contributed by atoms with van der Waals surface area (Å²) < 4.78 is 13.0. The van der Waals surface area contributed by atoms with Gasteiger partial charge in [0, 0.05) is 13.1 Å². The van der Waals surface area contributed by atoms with Crippen molar-refractivity contribution >= 4 is 18.3 Å². The lowest BCUT2D eigenvalue weighted by atomic mass is 9.87. The maximum atomic E-state index is 13.0. The number of nitrogens with zero attached hydrogens (tertiary/aromatic N) is 1. The van der Waals surface area contributed by atoms with Crippen LogP contribution in [-0.4, -0.2) is 41.6 Å². The second-order valence-electron chi connectivity index (χ2n) is 6.66. The monoisotopic (exact) mass is 356 g/mol. The van der Waals surface area contributed by atoms with Crippen LogP contribution in [0.5, 0.6) is 0 Å². The molecule has 0 spiro atoms. The molecule has 0 aromatic heterocycles. The van der Waals surface area contributed by atoms with Crippen LogP contribution < -0.4 is 5.32 Å². The van der Waals surface area contributed by atoms with Crippen LogP contribution in [0.2, 0.25) is 0 Å². The summed E-state index contributed by atoms with van der Waals surface area (Å²) in [5.41, 5.74) is 0.755. The van der Waals surface area contributed by atoms with Crippen LogP contribution in [0, 0.1) is 11.7 Å². The summed E-state index contributed by atoms with van der Waals surface area (Å²) in [4.78, 5) is 14.4. The van der Waals surface area contributed by atoms with E-state index in [1.165, 1.54) is 12.1 Å². The highest BCUT2D eigenvalue weighted by Crippen LogP contribution is 2.31. The first-order valence-electron chi connectivity index (χ1n) is 8.61. The van der Waals surface area contributed by atoms with Gasteiger partial charge in [0.1, 0.15) is 5.82 Å². The number of halogens is 2. The molecule has 0 aliphatic carbocycles. The van der Waals surface area contributed by atoms with E-state index in [4.69, 9.17) is 0 Å². The van der Waals surface area contributed by atoms with Crippen molar-refractivity contribution in [2.75, 3.05) is 19.6 Å². The van der Waals surface area contributed by atoms with Gasteiger partial charge in [0.15, 0.2) is 0 Å². The van der Waals surface area contributed by atoms with E-state index in [-0.39, 0.29) is 36.1 Å². The fraction of sp³-hybridized carbons (Fsp3) is 0.611. The molecule has 0 bridgehead atoms. The Bertz CT molecular complexity index is 526. The third kappa shape index (κ3) is 4.47. The number of benzene rings is 1. The Labute approximate surface area is 148 Å². The SMILES string of the molecule is Cl.O=C(C1CCCCN1)N1CCC(C(O)c2ccc(F)cc2)CC1. The van der Waals surface area contributed by atoms with E-state index in [2.05, 4.69) is 5.32 Å². The van der Waals surface area contributed by atoms with E-state index < -0.39 is 6.10 Å². The van der Waals surface area contributed by atoms with Gasteiger partial charge in [-0.05, 0) is 55.8 Å². The first-order valence-corrected chi connectivity index (χ1v) is 8.61. The van der Waals surface area contributed by atoms with Crippen molar-refractivity contribution in [2.24, 2.45) is 5.92 Å². The molecule has 2 saturated heterocycles. The predicted octanol–water partition coefficient (Wildman–Crippen LogP) is 2.66. The number of piperidine rings is 2. The molecule has 1 aromatic carbocycles. The molecule has 2 atom stereocenters. The van der Waals surface area contributed by atoms with Crippen molar-refractivity contribution in [1.82, 2.24) is 10.2 Å². The lowest BCUT2D eigenvalue weighted by Crippen LogP contribution is -2.51. The summed E-state index contributed by atoms with van der Waals surface area (Å²) in [6, 6.07) is 6.02. The van der Waals surface area contributed by atoms with Crippen LogP contribution in [0.15, 0.2) is 24.3 Å². The quantitative estimate of drug-likeness (QED) is 0.875. The zero-order valence-corrected chi connectivity index (χ0v) is 14.6. The maximum Gasteiger partial charge on any atom is 0.239 e. The molecule has 2 aliphatic heterocycles. The van der Waals surface area contributed by atoms with E-state index in [1.807, 2.05) is 4.90 Å². The molecule has 2 fully saturated rings. The number of hydrogen-bond acceptors (Lipinski definition) is 3.